The predicted octanol–water partition coefficient (Wildman–Crippen LogP) is 3.83. The number of hydrogen-bond donors (Lipinski definition) is 1. The Morgan fingerprint density at radius 1 is 1.08 bits per heavy atom. The highest BCUT2D eigenvalue weighted by Gasteiger charge is 2.19. The molecule has 0 saturated carbocycles. The van der Waals surface area contributed by atoms with Gasteiger partial charge in [-0.25, -0.2) is 0 Å². The maximum atomic E-state index is 8.90. The van der Waals surface area contributed by atoms with Gasteiger partial charge in [0.15, 0.2) is 0 Å². The van der Waals surface area contributed by atoms with Gasteiger partial charge in [0.2, 0.25) is 0 Å². The molecule has 0 heterocycles. The van der Waals surface area contributed by atoms with Crippen LogP contribution in [0.3, 0.4) is 0 Å². The molecule has 0 aliphatic rings. The van der Waals surface area contributed by atoms with Crippen LogP contribution in [0.2, 0.25) is 0 Å². The molecule has 1 N–H and O–H groups in total. The minimum Gasteiger partial charge on any atom is -0.394 e. The summed E-state index contributed by atoms with van der Waals surface area (Å²) in [5.41, 5.74) is 0. The Hall–Kier alpha value is 0.920. The fourth-order valence-electron chi connectivity index (χ4n) is 1.07. The van der Waals surface area contributed by atoms with Crippen LogP contribution < -0.4 is 0 Å². The van der Waals surface area contributed by atoms with Gasteiger partial charge in [0, 0.05) is 0 Å². The van der Waals surface area contributed by atoms with Crippen molar-refractivity contribution in [1.82, 2.24) is 0 Å². The van der Waals surface area contributed by atoms with Crippen LogP contribution in [0.4, 0.5) is 0 Å². The predicted molar refractivity (Wildman–Crippen MR) is 61.0 cm³/mol. The van der Waals surface area contributed by atoms with Crippen molar-refractivity contribution in [3.63, 3.8) is 0 Å². The minimum atomic E-state index is -0.230. The van der Waals surface area contributed by atoms with Gasteiger partial charge in [-0.3, -0.25) is 0 Å². The van der Waals surface area contributed by atoms with Crippen molar-refractivity contribution in [3.05, 3.63) is 0 Å². The van der Waals surface area contributed by atoms with Crippen molar-refractivity contribution < 1.29 is 5.11 Å². The van der Waals surface area contributed by atoms with E-state index in [2.05, 4.69) is 38.8 Å². The zero-order valence-corrected chi connectivity index (χ0v) is 10.8. The largest absolute Gasteiger partial charge is 0.394 e. The maximum Gasteiger partial charge on any atom is 0.103 e. The van der Waals surface area contributed by atoms with E-state index in [9.17, 15) is 0 Å². The van der Waals surface area contributed by atoms with Crippen LogP contribution in [0.25, 0.3) is 0 Å². The lowest BCUT2D eigenvalue weighted by Gasteiger charge is -2.16. The molecule has 0 aromatic carbocycles. The molecule has 3 heteroatoms. The zero-order chi connectivity index (χ0) is 9.45. The quantitative estimate of drug-likeness (QED) is 0.560. The second-order valence-electron chi connectivity index (χ2n) is 3.18. The van der Waals surface area contributed by atoms with E-state index in [0.717, 1.165) is 6.42 Å². The maximum absolute atomic E-state index is 8.90. The standard InChI is InChI=1S/C9H18Br2O/c1-2-3-4-5-6-7-9(10,11)8-12/h12H,2-8H2,1H3. The summed E-state index contributed by atoms with van der Waals surface area (Å²) in [4.78, 5) is 0. The third kappa shape index (κ3) is 7.56. The Kier molecular flexibility index (Phi) is 7.90. The summed E-state index contributed by atoms with van der Waals surface area (Å²) in [5.74, 6) is 0. The highest BCUT2D eigenvalue weighted by atomic mass is 79.9. The molecule has 0 amide bonds. The molecule has 0 atom stereocenters. The molecule has 0 aromatic heterocycles. The molecule has 0 rings (SSSR count). The van der Waals surface area contributed by atoms with Crippen LogP contribution in [0.1, 0.15) is 45.4 Å². The molecule has 0 aliphatic heterocycles. The number of aliphatic hydroxyl groups is 1. The van der Waals surface area contributed by atoms with E-state index in [1.807, 2.05) is 0 Å². The topological polar surface area (TPSA) is 20.2 Å². The average Bonchev–Trinajstić information content (AvgIpc) is 2.04. The highest BCUT2D eigenvalue weighted by molar-refractivity contribution is 9.25. The number of halogens is 2. The van der Waals surface area contributed by atoms with E-state index in [4.69, 9.17) is 5.11 Å². The van der Waals surface area contributed by atoms with Crippen molar-refractivity contribution in [3.8, 4) is 0 Å². The van der Waals surface area contributed by atoms with Gasteiger partial charge in [-0.05, 0) is 6.42 Å². The van der Waals surface area contributed by atoms with Crippen LogP contribution in [-0.4, -0.2) is 14.9 Å². The van der Waals surface area contributed by atoms with Crippen molar-refractivity contribution >= 4 is 31.9 Å². The van der Waals surface area contributed by atoms with Gasteiger partial charge in [-0.15, -0.1) is 0 Å². The van der Waals surface area contributed by atoms with Crippen molar-refractivity contribution in [2.24, 2.45) is 0 Å². The van der Waals surface area contributed by atoms with Crippen LogP contribution >= 0.6 is 31.9 Å². The van der Waals surface area contributed by atoms with Crippen LogP contribution in [0.5, 0.6) is 0 Å². The Morgan fingerprint density at radius 3 is 2.17 bits per heavy atom. The normalized spacial score (nSPS) is 12.0. The lowest BCUT2D eigenvalue weighted by Crippen LogP contribution is -2.16. The molecule has 0 aliphatic carbocycles. The Morgan fingerprint density at radius 2 is 1.67 bits per heavy atom. The summed E-state index contributed by atoms with van der Waals surface area (Å²) in [6, 6.07) is 0. The Balaban J connectivity index is 3.19. The van der Waals surface area contributed by atoms with E-state index >= 15 is 0 Å². The summed E-state index contributed by atoms with van der Waals surface area (Å²) in [6.45, 7) is 2.37. The molecule has 74 valence electrons. The minimum absolute atomic E-state index is 0.154. The summed E-state index contributed by atoms with van der Waals surface area (Å²) in [5, 5.41) is 8.90. The second kappa shape index (κ2) is 7.34. The van der Waals surface area contributed by atoms with E-state index in [1.54, 1.807) is 0 Å². The second-order valence-corrected chi connectivity index (χ2v) is 7.28. The Bertz CT molecular complexity index is 105. The fraction of sp³-hybridized carbons (Fsp3) is 1.00. The molecule has 0 bridgehead atoms. The van der Waals surface area contributed by atoms with E-state index in [-0.39, 0.29) is 9.84 Å². The lowest BCUT2D eigenvalue weighted by molar-refractivity contribution is 0.282. The van der Waals surface area contributed by atoms with E-state index < -0.39 is 0 Å². The summed E-state index contributed by atoms with van der Waals surface area (Å²) < 4.78 is -0.230. The van der Waals surface area contributed by atoms with Crippen LogP contribution in [0.15, 0.2) is 0 Å². The van der Waals surface area contributed by atoms with Crippen molar-refractivity contribution in [2.75, 3.05) is 6.61 Å². The van der Waals surface area contributed by atoms with Gasteiger partial charge >= 0.3 is 0 Å². The van der Waals surface area contributed by atoms with Gasteiger partial charge in [-0.2, -0.15) is 0 Å². The molecule has 1 nitrogen and oxygen atoms in total. The fourth-order valence-corrected chi connectivity index (χ4v) is 1.63. The number of unbranched alkanes of at least 4 members (excludes halogenated alkanes) is 4. The van der Waals surface area contributed by atoms with Crippen molar-refractivity contribution in [2.45, 2.75) is 48.7 Å². The molecule has 0 aromatic rings. The molecule has 0 saturated heterocycles. The van der Waals surface area contributed by atoms with Crippen LogP contribution in [0, 0.1) is 0 Å². The number of hydrogen-bond acceptors (Lipinski definition) is 1. The smallest absolute Gasteiger partial charge is 0.103 e. The summed E-state index contributed by atoms with van der Waals surface area (Å²) >= 11 is 6.83. The third-order valence-electron chi connectivity index (χ3n) is 1.88. The number of alkyl halides is 2. The first-order valence-electron chi connectivity index (χ1n) is 4.61. The van der Waals surface area contributed by atoms with E-state index in [0.29, 0.717) is 0 Å². The monoisotopic (exact) mass is 300 g/mol. The molecule has 0 radical (unpaired) electrons. The number of rotatable bonds is 7. The lowest BCUT2D eigenvalue weighted by atomic mass is 10.1. The average molecular weight is 302 g/mol. The van der Waals surface area contributed by atoms with Gasteiger partial charge < -0.3 is 5.11 Å². The molecular weight excluding hydrogens is 284 g/mol. The first-order chi connectivity index (χ1) is 5.62. The molecule has 0 spiro atoms. The molecular formula is C9H18Br2O. The number of aliphatic hydroxyl groups excluding tert-OH is 1. The summed E-state index contributed by atoms with van der Waals surface area (Å²) in [7, 11) is 0. The molecule has 12 heavy (non-hydrogen) atoms. The Labute approximate surface area is 92.2 Å². The van der Waals surface area contributed by atoms with Gasteiger partial charge in [-0.1, -0.05) is 70.9 Å². The first-order valence-corrected chi connectivity index (χ1v) is 6.19. The SMILES string of the molecule is CCCCCCCC(Br)(Br)CO. The van der Waals surface area contributed by atoms with E-state index in [1.165, 1.54) is 32.1 Å². The highest BCUT2D eigenvalue weighted by Crippen LogP contribution is 2.31. The third-order valence-corrected chi connectivity index (χ3v) is 3.17. The van der Waals surface area contributed by atoms with Crippen LogP contribution in [-0.2, 0) is 0 Å². The molecule has 0 unspecified atom stereocenters. The molecule has 0 fully saturated rings. The zero-order valence-electron chi connectivity index (χ0n) is 7.65. The van der Waals surface area contributed by atoms with Gasteiger partial charge in [0.1, 0.15) is 3.23 Å². The van der Waals surface area contributed by atoms with Gasteiger partial charge in [0.25, 0.3) is 0 Å². The summed E-state index contributed by atoms with van der Waals surface area (Å²) in [6.07, 6.45) is 7.37. The van der Waals surface area contributed by atoms with Gasteiger partial charge in [0.05, 0.1) is 6.61 Å². The first kappa shape index (κ1) is 12.9. The van der Waals surface area contributed by atoms with Crippen molar-refractivity contribution in [1.29, 1.82) is 0 Å².